The Balaban J connectivity index is 0.000000103. The van der Waals surface area contributed by atoms with Gasteiger partial charge in [-0.2, -0.15) is 0 Å². The Morgan fingerprint density at radius 3 is 1.28 bits per heavy atom. The maximum Gasteiger partial charge on any atom is 0.231 e. The number of benzene rings is 6. The fraction of sp³-hybridized carbons (Fsp3) is 0.403. The largest absolute Gasteiger partial charge is 0.493 e. The zero-order valence-electron chi connectivity index (χ0n) is 54.9. The van der Waals surface area contributed by atoms with Crippen molar-refractivity contribution < 1.29 is 56.5 Å². The molecule has 6 aliphatic rings. The van der Waals surface area contributed by atoms with E-state index in [1.54, 1.807) is 45.3 Å². The van der Waals surface area contributed by atoms with E-state index in [4.69, 9.17) is 56.5 Å². The molecule has 12 heterocycles. The summed E-state index contributed by atoms with van der Waals surface area (Å²) in [5.41, 5.74) is 7.40. The molecule has 0 saturated heterocycles. The highest BCUT2D eigenvalue weighted by atomic mass is 32.1. The fourth-order valence-electron chi connectivity index (χ4n) is 10.7. The van der Waals surface area contributed by atoms with Crippen LogP contribution >= 0.6 is 56.7 Å². The van der Waals surface area contributed by atoms with E-state index in [0.29, 0.717) is 75.5 Å². The highest BCUT2D eigenvalue weighted by Crippen LogP contribution is 2.47. The molecule has 22 heteroatoms. The lowest BCUT2D eigenvalue weighted by Crippen LogP contribution is -2.15. The molecule has 0 fully saturated rings. The van der Waals surface area contributed by atoms with E-state index < -0.39 is 0 Å². The van der Waals surface area contributed by atoms with Crippen molar-refractivity contribution in [1.29, 1.82) is 0 Å². The zero-order chi connectivity index (χ0) is 65.3. The van der Waals surface area contributed by atoms with Gasteiger partial charge >= 0.3 is 0 Å². The van der Waals surface area contributed by atoms with Crippen LogP contribution in [0.2, 0.25) is 0 Å². The van der Waals surface area contributed by atoms with Gasteiger partial charge in [0.05, 0.1) is 87.2 Å². The van der Waals surface area contributed by atoms with Crippen LogP contribution in [-0.2, 0) is 6.42 Å². The van der Waals surface area contributed by atoms with Crippen molar-refractivity contribution in [2.75, 3.05) is 59.8 Å². The molecular weight excluding hydrogens is 1290 g/mol. The first kappa shape index (κ1) is 64.8. The molecule has 0 bridgehead atoms. The van der Waals surface area contributed by atoms with E-state index in [2.05, 4.69) is 120 Å². The van der Waals surface area contributed by atoms with Gasteiger partial charge in [0.25, 0.3) is 0 Å². The molecule has 18 rings (SSSR count). The Morgan fingerprint density at radius 2 is 0.713 bits per heavy atom. The second kappa shape index (κ2) is 28.2. The van der Waals surface area contributed by atoms with Gasteiger partial charge in [-0.05, 0) is 66.7 Å². The minimum absolute atomic E-state index is 0.323. The lowest BCUT2D eigenvalue weighted by Gasteiger charge is -2.18. The first-order valence-electron chi connectivity index (χ1n) is 32.2. The molecule has 6 aromatic carbocycles. The van der Waals surface area contributed by atoms with Crippen LogP contribution in [0.25, 0.3) is 62.1 Å². The number of furan rings is 1. The van der Waals surface area contributed by atoms with Crippen LogP contribution in [0.15, 0.2) is 83.3 Å². The summed E-state index contributed by atoms with van der Waals surface area (Å²) in [6, 6.07) is 25.8. The normalized spacial score (nSPS) is 14.6. The maximum atomic E-state index is 5.80. The van der Waals surface area contributed by atoms with Gasteiger partial charge in [0.15, 0.2) is 57.5 Å². The topological polar surface area (TPSA) is 179 Å². The summed E-state index contributed by atoms with van der Waals surface area (Å²) < 4.78 is 72.5. The maximum absolute atomic E-state index is 5.80. The van der Waals surface area contributed by atoms with Crippen LogP contribution < -0.4 is 52.1 Å². The molecule has 12 aromatic rings. The Hall–Kier alpha value is -7.89. The van der Waals surface area contributed by atoms with E-state index in [1.807, 2.05) is 78.1 Å². The molecule has 94 heavy (non-hydrogen) atoms. The first-order chi connectivity index (χ1) is 45.5. The number of ether oxygens (including phenoxy) is 11. The highest BCUT2D eigenvalue weighted by molar-refractivity contribution is 7.20. The average Bonchev–Trinajstić information content (AvgIpc) is 1.47. The van der Waals surface area contributed by atoms with Gasteiger partial charge in [0, 0.05) is 66.0 Å². The summed E-state index contributed by atoms with van der Waals surface area (Å²) in [4.78, 5) is 23.0. The van der Waals surface area contributed by atoms with Gasteiger partial charge in [-0.25, -0.2) is 24.9 Å². The molecule has 0 aliphatic carbocycles. The summed E-state index contributed by atoms with van der Waals surface area (Å²) >= 11 is 8.66. The minimum atomic E-state index is 0.323. The summed E-state index contributed by atoms with van der Waals surface area (Å²) in [5.74, 6) is 13.2. The average molecular weight is 1360 g/mol. The standard InChI is InChI=1S/C13H15NO2S.C13H14O3.C12H13NO2S.C12H13NOS.2C11H11NO2S/c1-8(2)13-14-9-4-5-10-11(12(9)17-13)16-7-3-6-15-10;1-8(2)12-7-9-10(16-12)3-4-11-13(9)15-6-5-14-11;1-7(2)12-13-8-3-4-9-10(11(8)16-12)15-6-5-14-9;1-7(2)12-13-9-3-4-10-8(5-6-14-10)11(9)15-12;1-6(2)11-12-7-3-8-9(14-5-13-8)4-10(7)15-11;1-6(2)11-12-7-3-4-8-9(10(7)15-11)14-5-13-8/h4-5,8H,3,6-7H2,1-2H3;3-4,7-8H,5-6H2,1-2H3;3-4,7H,5-6H2,1-2H3;3-4,7H,5-6H2,1-2H3;2*3-4,6H,5H2,1-2H3. The number of hydrogen-bond acceptors (Lipinski definition) is 22. The van der Waals surface area contributed by atoms with Crippen molar-refractivity contribution in [1.82, 2.24) is 24.9 Å². The second-order valence-corrected chi connectivity index (χ2v) is 30.1. The van der Waals surface area contributed by atoms with Crippen LogP contribution in [0.1, 0.15) is 161 Å². The van der Waals surface area contributed by atoms with Gasteiger partial charge in [-0.1, -0.05) is 83.1 Å². The number of fused-ring (bicyclic) bond motifs is 17. The molecule has 6 aromatic heterocycles. The summed E-state index contributed by atoms with van der Waals surface area (Å²) in [6.45, 7) is 31.2. The van der Waals surface area contributed by atoms with Crippen molar-refractivity contribution in [2.45, 2.75) is 131 Å². The predicted molar refractivity (Wildman–Crippen MR) is 378 cm³/mol. The number of nitrogens with zero attached hydrogens (tertiary/aromatic N) is 5. The van der Waals surface area contributed by atoms with Gasteiger partial charge < -0.3 is 56.5 Å². The molecule has 0 atom stereocenters. The Bertz CT molecular complexity index is 4430. The molecule has 0 spiro atoms. The summed E-state index contributed by atoms with van der Waals surface area (Å²) in [5, 5.41) is 6.85. The fourth-order valence-corrected chi connectivity index (χ4v) is 16.0. The van der Waals surface area contributed by atoms with Gasteiger partial charge in [0.1, 0.15) is 57.6 Å². The SMILES string of the molecule is CC(C)c1cc2c3c(ccc2o1)OCCO3.CC(C)c1nc2cc3c(cc2s1)OCO3.CC(C)c1nc2ccc3c(c2s1)CCO3.CC(C)c1nc2ccc3c(c2s1)OCCCO3.CC(C)c1nc2ccc3c(c2s1)OCCO3.CC(C)c1nc2ccc3c(c2s1)OCO3. The molecule has 0 N–H and O–H groups in total. The Kier molecular flexibility index (Phi) is 19.4. The van der Waals surface area contributed by atoms with Crippen molar-refractivity contribution >= 4 is 119 Å². The third kappa shape index (κ3) is 13.8. The van der Waals surface area contributed by atoms with Crippen molar-refractivity contribution in [2.24, 2.45) is 0 Å². The van der Waals surface area contributed by atoms with E-state index in [-0.39, 0.29) is 0 Å². The van der Waals surface area contributed by atoms with Crippen LogP contribution in [0.5, 0.6) is 63.2 Å². The van der Waals surface area contributed by atoms with E-state index in [9.17, 15) is 0 Å². The summed E-state index contributed by atoms with van der Waals surface area (Å²) in [7, 11) is 0. The molecular formula is C72H77N5O12S5. The monoisotopic (exact) mass is 1360 g/mol. The zero-order valence-corrected chi connectivity index (χ0v) is 59.0. The number of rotatable bonds is 6. The third-order valence-corrected chi connectivity index (χ3v) is 22.5. The Morgan fingerprint density at radius 1 is 0.319 bits per heavy atom. The lowest BCUT2D eigenvalue weighted by molar-refractivity contribution is 0.174. The van der Waals surface area contributed by atoms with E-state index in [0.717, 1.165) is 174 Å². The quantitative estimate of drug-likeness (QED) is 0.153. The van der Waals surface area contributed by atoms with Gasteiger partial charge in [0.2, 0.25) is 13.6 Å². The third-order valence-electron chi connectivity index (χ3n) is 15.7. The van der Waals surface area contributed by atoms with Crippen molar-refractivity contribution in [3.63, 3.8) is 0 Å². The molecule has 0 amide bonds. The second-order valence-electron chi connectivity index (χ2n) is 24.9. The number of thiazole rings is 5. The predicted octanol–water partition coefficient (Wildman–Crippen LogP) is 19.8. The van der Waals surface area contributed by atoms with Crippen LogP contribution in [0.4, 0.5) is 0 Å². The molecule has 0 unspecified atom stereocenters. The van der Waals surface area contributed by atoms with Crippen LogP contribution in [-0.4, -0.2) is 84.8 Å². The molecule has 0 radical (unpaired) electrons. The van der Waals surface area contributed by atoms with Crippen LogP contribution in [0, 0.1) is 0 Å². The molecule has 492 valence electrons. The molecule has 6 aliphatic heterocycles. The Labute approximate surface area is 566 Å². The van der Waals surface area contributed by atoms with Gasteiger partial charge in [-0.3, -0.25) is 0 Å². The van der Waals surface area contributed by atoms with Crippen molar-refractivity contribution in [3.8, 4) is 63.2 Å². The molecule has 17 nitrogen and oxygen atoms in total. The minimum Gasteiger partial charge on any atom is -0.493 e. The van der Waals surface area contributed by atoms with Gasteiger partial charge in [-0.15, -0.1) is 56.7 Å². The highest BCUT2D eigenvalue weighted by Gasteiger charge is 2.25. The van der Waals surface area contributed by atoms with Crippen LogP contribution in [0.3, 0.4) is 0 Å². The van der Waals surface area contributed by atoms with E-state index in [1.165, 1.54) is 20.0 Å². The van der Waals surface area contributed by atoms with E-state index >= 15 is 0 Å². The summed E-state index contributed by atoms with van der Waals surface area (Å²) in [6.07, 6.45) is 1.97. The number of hydrogen-bond donors (Lipinski definition) is 0. The number of aromatic nitrogens is 5. The van der Waals surface area contributed by atoms with Crippen molar-refractivity contribution in [3.05, 3.63) is 115 Å². The smallest absolute Gasteiger partial charge is 0.231 e. The molecule has 0 saturated carbocycles. The lowest BCUT2D eigenvalue weighted by atomic mass is 10.1. The first-order valence-corrected chi connectivity index (χ1v) is 36.2.